The van der Waals surface area contributed by atoms with Gasteiger partial charge >= 0.3 is 5.97 Å². The van der Waals surface area contributed by atoms with E-state index in [4.69, 9.17) is 5.11 Å². The molecule has 1 aromatic heterocycles. The van der Waals surface area contributed by atoms with E-state index in [1.807, 2.05) is 0 Å². The summed E-state index contributed by atoms with van der Waals surface area (Å²) in [7, 11) is 0. The summed E-state index contributed by atoms with van der Waals surface area (Å²) in [5.41, 5.74) is 0.357. The molecule has 6 nitrogen and oxygen atoms in total. The van der Waals surface area contributed by atoms with Crippen LogP contribution in [0.5, 0.6) is 0 Å². The lowest BCUT2D eigenvalue weighted by molar-refractivity contribution is -0.137. The fourth-order valence-corrected chi connectivity index (χ4v) is 1.65. The average Bonchev–Trinajstić information content (AvgIpc) is 2.91. The van der Waals surface area contributed by atoms with Gasteiger partial charge in [0.15, 0.2) is 0 Å². The van der Waals surface area contributed by atoms with Gasteiger partial charge in [-0.3, -0.25) is 9.59 Å². The zero-order valence-electron chi connectivity index (χ0n) is 8.64. The van der Waals surface area contributed by atoms with Gasteiger partial charge in [-0.2, -0.15) is 0 Å². The topological polar surface area (TPSA) is 95.1 Å². The van der Waals surface area contributed by atoms with Crippen LogP contribution in [-0.4, -0.2) is 33.0 Å². The first-order chi connectivity index (χ1) is 7.66. The van der Waals surface area contributed by atoms with Crippen molar-refractivity contribution in [2.24, 2.45) is 5.92 Å². The Morgan fingerprint density at radius 3 is 2.88 bits per heavy atom. The van der Waals surface area contributed by atoms with Crippen molar-refractivity contribution in [3.63, 3.8) is 0 Å². The summed E-state index contributed by atoms with van der Waals surface area (Å²) >= 11 is 0. The first kappa shape index (κ1) is 10.7. The SMILES string of the molecule is O=C(O)CC(NC(=O)c1cnc[nH]1)C1CC1. The van der Waals surface area contributed by atoms with Crippen molar-refractivity contribution in [3.05, 3.63) is 18.2 Å². The largest absolute Gasteiger partial charge is 0.481 e. The zero-order chi connectivity index (χ0) is 11.5. The van der Waals surface area contributed by atoms with E-state index in [9.17, 15) is 9.59 Å². The van der Waals surface area contributed by atoms with Gasteiger partial charge < -0.3 is 15.4 Å². The van der Waals surface area contributed by atoms with Crippen molar-refractivity contribution in [2.75, 3.05) is 0 Å². The highest BCUT2D eigenvalue weighted by Gasteiger charge is 2.33. The van der Waals surface area contributed by atoms with Crippen molar-refractivity contribution >= 4 is 11.9 Å². The van der Waals surface area contributed by atoms with E-state index < -0.39 is 5.97 Å². The smallest absolute Gasteiger partial charge is 0.305 e. The van der Waals surface area contributed by atoms with Crippen LogP contribution >= 0.6 is 0 Å². The second kappa shape index (κ2) is 4.34. The van der Waals surface area contributed by atoms with Crippen molar-refractivity contribution in [1.29, 1.82) is 0 Å². The molecule has 3 N–H and O–H groups in total. The molecule has 1 unspecified atom stereocenters. The molecule has 0 radical (unpaired) electrons. The molecule has 0 saturated heterocycles. The van der Waals surface area contributed by atoms with Crippen molar-refractivity contribution in [3.8, 4) is 0 Å². The summed E-state index contributed by atoms with van der Waals surface area (Å²) in [6.45, 7) is 0. The van der Waals surface area contributed by atoms with Gasteiger partial charge in [0.25, 0.3) is 5.91 Å². The molecule has 1 aliphatic rings. The van der Waals surface area contributed by atoms with Gasteiger partial charge in [-0.15, -0.1) is 0 Å². The number of amides is 1. The number of nitrogens with zero attached hydrogens (tertiary/aromatic N) is 1. The second-order valence-corrected chi connectivity index (χ2v) is 3.98. The number of aliphatic carboxylic acids is 1. The summed E-state index contributed by atoms with van der Waals surface area (Å²) in [6.07, 6.45) is 4.78. The second-order valence-electron chi connectivity index (χ2n) is 3.98. The standard InChI is InChI=1S/C10H13N3O3/c14-9(15)3-7(6-1-2-6)13-10(16)8-4-11-5-12-8/h4-7H,1-3H2,(H,11,12)(H,13,16)(H,14,15). The normalized spacial score (nSPS) is 16.8. The third kappa shape index (κ3) is 2.59. The number of nitrogens with one attached hydrogen (secondary N) is 2. The number of aromatic nitrogens is 2. The highest BCUT2D eigenvalue weighted by atomic mass is 16.4. The van der Waals surface area contributed by atoms with Gasteiger partial charge in [-0.25, -0.2) is 4.98 Å². The molecule has 6 heteroatoms. The first-order valence-electron chi connectivity index (χ1n) is 5.18. The van der Waals surface area contributed by atoms with Crippen molar-refractivity contribution < 1.29 is 14.7 Å². The van der Waals surface area contributed by atoms with Crippen LogP contribution in [0.15, 0.2) is 12.5 Å². The number of carbonyl (C=O) groups is 2. The van der Waals surface area contributed by atoms with E-state index in [1.165, 1.54) is 12.5 Å². The fourth-order valence-electron chi connectivity index (χ4n) is 1.65. The lowest BCUT2D eigenvalue weighted by atomic mass is 10.1. The van der Waals surface area contributed by atoms with Gasteiger partial charge in [0.05, 0.1) is 18.9 Å². The van der Waals surface area contributed by atoms with E-state index >= 15 is 0 Å². The quantitative estimate of drug-likeness (QED) is 0.673. The van der Waals surface area contributed by atoms with Gasteiger partial charge in [0.2, 0.25) is 0 Å². The lowest BCUT2D eigenvalue weighted by Gasteiger charge is -2.15. The molecule has 1 aliphatic carbocycles. The molecule has 0 bridgehead atoms. The molecule has 1 heterocycles. The minimum absolute atomic E-state index is 0.0233. The Hall–Kier alpha value is -1.85. The highest BCUT2D eigenvalue weighted by Crippen LogP contribution is 2.34. The van der Waals surface area contributed by atoms with Crippen LogP contribution < -0.4 is 5.32 Å². The van der Waals surface area contributed by atoms with Crippen LogP contribution in [0.25, 0.3) is 0 Å². The lowest BCUT2D eigenvalue weighted by Crippen LogP contribution is -2.38. The Bertz CT molecular complexity index is 384. The van der Waals surface area contributed by atoms with E-state index in [0.29, 0.717) is 11.6 Å². The van der Waals surface area contributed by atoms with Crippen LogP contribution in [0.2, 0.25) is 0 Å². The van der Waals surface area contributed by atoms with Gasteiger partial charge in [-0.1, -0.05) is 0 Å². The molecule has 1 saturated carbocycles. The van der Waals surface area contributed by atoms with Gasteiger partial charge in [0.1, 0.15) is 5.69 Å². The minimum atomic E-state index is -0.887. The number of hydrogen-bond acceptors (Lipinski definition) is 3. The Labute approximate surface area is 92.1 Å². The van der Waals surface area contributed by atoms with E-state index in [2.05, 4.69) is 15.3 Å². The Morgan fingerprint density at radius 1 is 1.62 bits per heavy atom. The molecule has 1 aromatic rings. The summed E-state index contributed by atoms with van der Waals surface area (Å²) in [5.74, 6) is -0.875. The number of aromatic amines is 1. The number of carboxylic acids is 1. The molecule has 16 heavy (non-hydrogen) atoms. The van der Waals surface area contributed by atoms with Crippen LogP contribution in [0.4, 0.5) is 0 Å². The van der Waals surface area contributed by atoms with E-state index in [-0.39, 0.29) is 18.4 Å². The minimum Gasteiger partial charge on any atom is -0.481 e. The third-order valence-corrected chi connectivity index (χ3v) is 2.64. The number of rotatable bonds is 5. The third-order valence-electron chi connectivity index (χ3n) is 2.64. The molecular formula is C10H13N3O3. The maximum Gasteiger partial charge on any atom is 0.305 e. The average molecular weight is 223 g/mol. The molecule has 0 aliphatic heterocycles. The van der Waals surface area contributed by atoms with Crippen molar-refractivity contribution in [1.82, 2.24) is 15.3 Å². The molecule has 1 atom stereocenters. The fraction of sp³-hybridized carbons (Fsp3) is 0.500. The molecule has 1 amide bonds. The Morgan fingerprint density at radius 2 is 2.38 bits per heavy atom. The number of H-pyrrole nitrogens is 1. The number of carboxylic acid groups (broad SMARTS) is 1. The molecule has 86 valence electrons. The van der Waals surface area contributed by atoms with Crippen LogP contribution in [0, 0.1) is 5.92 Å². The van der Waals surface area contributed by atoms with Crippen LogP contribution in [-0.2, 0) is 4.79 Å². The highest BCUT2D eigenvalue weighted by molar-refractivity contribution is 5.92. The van der Waals surface area contributed by atoms with E-state index in [1.54, 1.807) is 0 Å². The van der Waals surface area contributed by atoms with Crippen LogP contribution in [0.1, 0.15) is 29.8 Å². The first-order valence-corrected chi connectivity index (χ1v) is 5.18. The molecule has 0 aromatic carbocycles. The van der Waals surface area contributed by atoms with Crippen molar-refractivity contribution in [2.45, 2.75) is 25.3 Å². The van der Waals surface area contributed by atoms with E-state index in [0.717, 1.165) is 12.8 Å². The molecule has 1 fully saturated rings. The summed E-state index contributed by atoms with van der Waals surface area (Å²) < 4.78 is 0. The van der Waals surface area contributed by atoms with Crippen LogP contribution in [0.3, 0.4) is 0 Å². The molecule has 0 spiro atoms. The summed E-state index contributed by atoms with van der Waals surface area (Å²) in [6, 6.07) is -0.270. The predicted molar refractivity (Wildman–Crippen MR) is 54.8 cm³/mol. The molecule has 2 rings (SSSR count). The monoisotopic (exact) mass is 223 g/mol. The summed E-state index contributed by atoms with van der Waals surface area (Å²) in [5, 5.41) is 11.5. The zero-order valence-corrected chi connectivity index (χ0v) is 8.64. The Kier molecular flexibility index (Phi) is 2.89. The summed E-state index contributed by atoms with van der Waals surface area (Å²) in [4.78, 5) is 28.7. The predicted octanol–water partition coefficient (Wildman–Crippen LogP) is 0.393. The molecular weight excluding hydrogens is 210 g/mol. The number of imidazole rings is 1. The maximum absolute atomic E-state index is 11.7. The van der Waals surface area contributed by atoms with Gasteiger partial charge in [0, 0.05) is 6.04 Å². The Balaban J connectivity index is 1.95. The van der Waals surface area contributed by atoms with Gasteiger partial charge in [-0.05, 0) is 18.8 Å². The number of hydrogen-bond donors (Lipinski definition) is 3. The number of carbonyl (C=O) groups excluding carboxylic acids is 1. The maximum atomic E-state index is 11.7.